The van der Waals surface area contributed by atoms with Crippen molar-refractivity contribution >= 4 is 5.91 Å². The number of hydrogen-bond acceptors (Lipinski definition) is 4. The second-order valence-corrected chi connectivity index (χ2v) is 6.64. The Kier molecular flexibility index (Phi) is 4.97. The van der Waals surface area contributed by atoms with Gasteiger partial charge in [-0.1, -0.05) is 6.42 Å². The van der Waals surface area contributed by atoms with E-state index in [0.29, 0.717) is 31.2 Å². The Morgan fingerprint density at radius 3 is 3.17 bits per heavy atom. The molecule has 5 nitrogen and oxygen atoms in total. The van der Waals surface area contributed by atoms with Crippen LogP contribution in [0.4, 0.5) is 0 Å². The lowest BCUT2D eigenvalue weighted by atomic mass is 9.89. The van der Waals surface area contributed by atoms with Crippen LogP contribution in [0.5, 0.6) is 0 Å². The molecule has 3 rings (SSSR count). The number of morpholine rings is 1. The monoisotopic (exact) mass is 318 g/mol. The molecule has 0 aromatic carbocycles. The Hall–Kier alpha value is -1.46. The largest absolute Gasteiger partial charge is 0.381 e. The fourth-order valence-corrected chi connectivity index (χ4v) is 3.84. The summed E-state index contributed by atoms with van der Waals surface area (Å²) in [6.07, 6.45) is 6.71. The molecule has 1 aliphatic heterocycles. The molecule has 0 unspecified atom stereocenters. The van der Waals surface area contributed by atoms with Gasteiger partial charge in [0.15, 0.2) is 0 Å². The second kappa shape index (κ2) is 6.97. The third-order valence-electron chi connectivity index (χ3n) is 5.04. The van der Waals surface area contributed by atoms with Crippen molar-refractivity contribution in [2.45, 2.75) is 38.7 Å². The van der Waals surface area contributed by atoms with E-state index in [0.717, 1.165) is 38.0 Å². The van der Waals surface area contributed by atoms with Gasteiger partial charge in [-0.15, -0.1) is 0 Å². The molecule has 1 spiro atoms. The number of rotatable bonds is 4. The average Bonchev–Trinajstić information content (AvgIpc) is 2.94. The zero-order valence-electron chi connectivity index (χ0n) is 14.1. The summed E-state index contributed by atoms with van der Waals surface area (Å²) >= 11 is 0. The molecule has 0 bridgehead atoms. The van der Waals surface area contributed by atoms with Gasteiger partial charge in [-0.25, -0.2) is 0 Å². The molecule has 1 saturated carbocycles. The first kappa shape index (κ1) is 16.4. The standard InChI is InChI=1S/C18H26N2O3/c1-3-22-12-16-5-4-6-18(16)13-20(7-8-23-18)17(21)15-9-14(2)10-19-11-15/h9-11,16H,3-8,12-13H2,1-2H3/t16-,18-/m1/s1. The van der Waals surface area contributed by atoms with E-state index >= 15 is 0 Å². The smallest absolute Gasteiger partial charge is 0.255 e. The lowest BCUT2D eigenvalue weighted by Crippen LogP contribution is -2.56. The Morgan fingerprint density at radius 2 is 2.39 bits per heavy atom. The minimum absolute atomic E-state index is 0.0611. The van der Waals surface area contributed by atoms with Crippen LogP contribution in [-0.2, 0) is 9.47 Å². The molecule has 1 aromatic rings. The lowest BCUT2D eigenvalue weighted by Gasteiger charge is -2.44. The van der Waals surface area contributed by atoms with Crippen LogP contribution >= 0.6 is 0 Å². The van der Waals surface area contributed by atoms with Crippen molar-refractivity contribution < 1.29 is 14.3 Å². The maximum atomic E-state index is 12.8. The number of amides is 1. The zero-order valence-corrected chi connectivity index (χ0v) is 14.1. The van der Waals surface area contributed by atoms with Crippen LogP contribution in [0.2, 0.25) is 0 Å². The summed E-state index contributed by atoms with van der Waals surface area (Å²) in [5.74, 6) is 0.444. The average molecular weight is 318 g/mol. The van der Waals surface area contributed by atoms with E-state index in [1.807, 2.05) is 24.8 Å². The van der Waals surface area contributed by atoms with Crippen LogP contribution in [-0.4, -0.2) is 54.3 Å². The minimum atomic E-state index is -0.222. The van der Waals surface area contributed by atoms with Crippen LogP contribution in [0, 0.1) is 12.8 Å². The highest BCUT2D eigenvalue weighted by atomic mass is 16.5. The van der Waals surface area contributed by atoms with E-state index in [1.165, 1.54) is 0 Å². The van der Waals surface area contributed by atoms with Crippen molar-refractivity contribution in [3.63, 3.8) is 0 Å². The normalized spacial score (nSPS) is 27.6. The van der Waals surface area contributed by atoms with E-state index in [1.54, 1.807) is 12.4 Å². The predicted octanol–water partition coefficient (Wildman–Crippen LogP) is 2.44. The van der Waals surface area contributed by atoms with E-state index in [4.69, 9.17) is 9.47 Å². The predicted molar refractivity (Wildman–Crippen MR) is 87.4 cm³/mol. The Labute approximate surface area is 138 Å². The Morgan fingerprint density at radius 1 is 1.52 bits per heavy atom. The second-order valence-electron chi connectivity index (χ2n) is 6.64. The van der Waals surface area contributed by atoms with Gasteiger partial charge in [0.2, 0.25) is 0 Å². The molecule has 1 amide bonds. The van der Waals surface area contributed by atoms with Crippen molar-refractivity contribution in [2.24, 2.45) is 5.92 Å². The fraction of sp³-hybridized carbons (Fsp3) is 0.667. The molecule has 2 fully saturated rings. The highest BCUT2D eigenvalue weighted by molar-refractivity contribution is 5.94. The molecule has 5 heteroatoms. The van der Waals surface area contributed by atoms with Crippen molar-refractivity contribution in [3.8, 4) is 0 Å². The SMILES string of the molecule is CCOC[C@H]1CCC[C@@]12CN(C(=O)c1cncc(C)c1)CCO2. The molecular weight excluding hydrogens is 292 g/mol. The van der Waals surface area contributed by atoms with Crippen LogP contribution < -0.4 is 0 Å². The molecule has 2 aliphatic rings. The van der Waals surface area contributed by atoms with Crippen molar-refractivity contribution in [1.29, 1.82) is 0 Å². The number of aromatic nitrogens is 1. The van der Waals surface area contributed by atoms with Gasteiger partial charge >= 0.3 is 0 Å². The first-order valence-corrected chi connectivity index (χ1v) is 8.57. The van der Waals surface area contributed by atoms with Gasteiger partial charge in [-0.3, -0.25) is 9.78 Å². The van der Waals surface area contributed by atoms with E-state index < -0.39 is 0 Å². The fourth-order valence-electron chi connectivity index (χ4n) is 3.84. The summed E-state index contributed by atoms with van der Waals surface area (Å²) in [6.45, 7) is 7.35. The number of carbonyl (C=O) groups excluding carboxylic acids is 1. The maximum Gasteiger partial charge on any atom is 0.255 e. The summed E-state index contributed by atoms with van der Waals surface area (Å²) in [7, 11) is 0. The molecule has 2 heterocycles. The molecular formula is C18H26N2O3. The van der Waals surface area contributed by atoms with Gasteiger partial charge in [-0.2, -0.15) is 0 Å². The summed E-state index contributed by atoms with van der Waals surface area (Å²) < 4.78 is 11.8. The van der Waals surface area contributed by atoms with Gasteiger partial charge in [0, 0.05) is 31.5 Å². The first-order valence-electron chi connectivity index (χ1n) is 8.57. The van der Waals surface area contributed by atoms with Gasteiger partial charge in [-0.05, 0) is 38.3 Å². The third-order valence-corrected chi connectivity index (χ3v) is 5.04. The third kappa shape index (κ3) is 3.40. The van der Waals surface area contributed by atoms with Crippen LogP contribution in [0.25, 0.3) is 0 Å². The van der Waals surface area contributed by atoms with Gasteiger partial charge in [0.1, 0.15) is 0 Å². The number of ether oxygens (including phenoxy) is 2. The lowest BCUT2D eigenvalue weighted by molar-refractivity contribution is -0.132. The highest BCUT2D eigenvalue weighted by Crippen LogP contribution is 2.41. The number of pyridine rings is 1. The highest BCUT2D eigenvalue weighted by Gasteiger charge is 2.47. The van der Waals surface area contributed by atoms with Crippen LogP contribution in [0.15, 0.2) is 18.5 Å². The van der Waals surface area contributed by atoms with E-state index in [2.05, 4.69) is 4.98 Å². The van der Waals surface area contributed by atoms with Gasteiger partial charge in [0.25, 0.3) is 5.91 Å². The van der Waals surface area contributed by atoms with E-state index in [-0.39, 0.29) is 11.5 Å². The van der Waals surface area contributed by atoms with Crippen molar-refractivity contribution in [2.75, 3.05) is 32.9 Å². The molecule has 23 heavy (non-hydrogen) atoms. The van der Waals surface area contributed by atoms with E-state index in [9.17, 15) is 4.79 Å². The first-order chi connectivity index (χ1) is 11.1. The summed E-state index contributed by atoms with van der Waals surface area (Å²) in [6, 6.07) is 1.91. The van der Waals surface area contributed by atoms with Crippen LogP contribution in [0.3, 0.4) is 0 Å². The Bertz CT molecular complexity index is 563. The molecule has 1 aromatic heterocycles. The van der Waals surface area contributed by atoms with Gasteiger partial charge in [0.05, 0.1) is 30.9 Å². The number of aryl methyl sites for hydroxylation is 1. The molecule has 0 radical (unpaired) electrons. The Balaban J connectivity index is 1.73. The topological polar surface area (TPSA) is 51.7 Å². The van der Waals surface area contributed by atoms with Crippen molar-refractivity contribution in [3.05, 3.63) is 29.6 Å². The number of carbonyl (C=O) groups is 1. The summed E-state index contributed by atoms with van der Waals surface area (Å²) in [4.78, 5) is 18.9. The quantitative estimate of drug-likeness (QED) is 0.855. The molecule has 0 N–H and O–H groups in total. The molecule has 1 aliphatic carbocycles. The summed E-state index contributed by atoms with van der Waals surface area (Å²) in [5.41, 5.74) is 1.45. The van der Waals surface area contributed by atoms with Gasteiger partial charge < -0.3 is 14.4 Å². The van der Waals surface area contributed by atoms with Crippen LogP contribution in [0.1, 0.15) is 42.1 Å². The number of nitrogens with zero attached hydrogens (tertiary/aromatic N) is 2. The molecule has 126 valence electrons. The molecule has 1 saturated heterocycles. The zero-order chi connectivity index (χ0) is 16.3. The maximum absolute atomic E-state index is 12.8. The van der Waals surface area contributed by atoms with Crippen molar-refractivity contribution in [1.82, 2.24) is 9.88 Å². The minimum Gasteiger partial charge on any atom is -0.381 e. The molecule has 2 atom stereocenters. The number of hydrogen-bond donors (Lipinski definition) is 0. The summed E-state index contributed by atoms with van der Waals surface area (Å²) in [5, 5.41) is 0.